The first-order valence-corrected chi connectivity index (χ1v) is 21.4. The number of para-hydroxylation sites is 5. The predicted octanol–water partition coefficient (Wildman–Crippen LogP) is 16.0. The topological polar surface area (TPSA) is 19.6 Å². The molecule has 1 heterocycles. The van der Waals surface area contributed by atoms with Crippen LogP contribution in [0.1, 0.15) is 22.3 Å². The third-order valence-corrected chi connectivity index (χ3v) is 13.2. The number of hydrogen-bond acceptors (Lipinski definition) is 3. The van der Waals surface area contributed by atoms with Crippen LogP contribution in [-0.2, 0) is 5.41 Å². The van der Waals surface area contributed by atoms with E-state index in [0.717, 1.165) is 61.6 Å². The van der Waals surface area contributed by atoms with Crippen molar-refractivity contribution in [3.05, 3.63) is 253 Å². The van der Waals surface area contributed by atoms with Gasteiger partial charge in [0, 0.05) is 50.2 Å². The summed E-state index contributed by atoms with van der Waals surface area (Å²) < 4.78 is 7.05. The lowest BCUT2D eigenvalue weighted by molar-refractivity contribution is 0.667. The Bertz CT molecular complexity index is 3440. The number of furan rings is 1. The largest absolute Gasteiger partial charge is 0.455 e. The smallest absolute Gasteiger partial charge is 0.143 e. The first-order valence-electron chi connectivity index (χ1n) is 21.4. The maximum Gasteiger partial charge on any atom is 0.143 e. The molecule has 0 saturated carbocycles. The molecule has 1 spiro atoms. The van der Waals surface area contributed by atoms with Crippen molar-refractivity contribution in [2.24, 2.45) is 0 Å². The molecule has 3 heteroatoms. The van der Waals surface area contributed by atoms with Gasteiger partial charge >= 0.3 is 0 Å². The van der Waals surface area contributed by atoms with Gasteiger partial charge in [-0.25, -0.2) is 0 Å². The average molecular weight is 791 g/mol. The Kier molecular flexibility index (Phi) is 7.52. The number of nitrogens with zero attached hydrogens (tertiary/aromatic N) is 2. The fraction of sp³-hybridized carbons (Fsp3) is 0.0169. The second-order valence-corrected chi connectivity index (χ2v) is 16.4. The lowest BCUT2D eigenvalue weighted by atomic mass is 9.61. The van der Waals surface area contributed by atoms with Crippen LogP contribution in [0.2, 0.25) is 0 Å². The number of fused-ring (bicyclic) bond motifs is 13. The van der Waals surface area contributed by atoms with E-state index in [1.54, 1.807) is 0 Å². The molecule has 0 bridgehead atoms. The van der Waals surface area contributed by atoms with Crippen LogP contribution in [0.3, 0.4) is 0 Å². The highest BCUT2D eigenvalue weighted by Gasteiger charge is 2.51. The maximum atomic E-state index is 7.05. The highest BCUT2D eigenvalue weighted by Crippen LogP contribution is 2.64. The summed E-state index contributed by atoms with van der Waals surface area (Å²) in [5.41, 5.74) is 17.7. The first kappa shape index (κ1) is 34.7. The molecule has 0 N–H and O–H groups in total. The van der Waals surface area contributed by atoms with Crippen molar-refractivity contribution in [2.45, 2.75) is 5.41 Å². The van der Waals surface area contributed by atoms with Crippen LogP contribution < -0.4 is 9.80 Å². The summed E-state index contributed by atoms with van der Waals surface area (Å²) in [4.78, 5) is 4.78. The van der Waals surface area contributed by atoms with Gasteiger partial charge in [-0.3, -0.25) is 0 Å². The standard InChI is InChI=1S/C59H38N2O/c1-5-18-39(19-6-1)60(40-20-7-2-8-21-40)43-32-33-45-44-26-13-15-29-50(44)59(53(45)38-43)51-30-17-28-48-54(61(41-22-9-3-10-23-41)42-24-11-4-12-25-42)37-35-49(56(48)51)57-52(59)36-34-47-46-27-14-16-31-55(46)62-58(47)57/h1-38H. The number of benzene rings is 10. The van der Waals surface area contributed by atoms with E-state index in [2.05, 4.69) is 240 Å². The molecular formula is C59H38N2O. The first-order chi connectivity index (χ1) is 30.8. The van der Waals surface area contributed by atoms with Gasteiger partial charge in [0.05, 0.1) is 11.1 Å². The zero-order chi connectivity index (χ0) is 40.8. The summed E-state index contributed by atoms with van der Waals surface area (Å²) in [6.45, 7) is 0. The van der Waals surface area contributed by atoms with E-state index >= 15 is 0 Å². The number of rotatable bonds is 6. The van der Waals surface area contributed by atoms with Crippen LogP contribution in [0, 0.1) is 0 Å². The molecule has 1 unspecified atom stereocenters. The lowest BCUT2D eigenvalue weighted by Crippen LogP contribution is -2.32. The molecule has 62 heavy (non-hydrogen) atoms. The van der Waals surface area contributed by atoms with E-state index in [1.165, 1.54) is 49.7 Å². The molecule has 3 nitrogen and oxygen atoms in total. The lowest BCUT2D eigenvalue weighted by Gasteiger charge is -2.41. The molecule has 10 aromatic carbocycles. The fourth-order valence-electron chi connectivity index (χ4n) is 10.8. The van der Waals surface area contributed by atoms with Gasteiger partial charge in [-0.05, 0) is 117 Å². The number of hydrogen-bond donors (Lipinski definition) is 0. The van der Waals surface area contributed by atoms with Crippen LogP contribution in [0.15, 0.2) is 235 Å². The molecule has 11 aromatic rings. The Labute approximate surface area is 360 Å². The minimum atomic E-state index is -0.682. The molecule has 0 aliphatic heterocycles. The quantitative estimate of drug-likeness (QED) is 0.167. The predicted molar refractivity (Wildman–Crippen MR) is 257 cm³/mol. The van der Waals surface area contributed by atoms with Gasteiger partial charge < -0.3 is 14.2 Å². The maximum absolute atomic E-state index is 7.05. The molecule has 13 rings (SSSR count). The van der Waals surface area contributed by atoms with Gasteiger partial charge in [0.15, 0.2) is 0 Å². The van der Waals surface area contributed by atoms with Crippen LogP contribution in [0.4, 0.5) is 34.1 Å². The van der Waals surface area contributed by atoms with Gasteiger partial charge in [0.2, 0.25) is 0 Å². The summed E-state index contributed by atoms with van der Waals surface area (Å²) in [7, 11) is 0. The van der Waals surface area contributed by atoms with Crippen LogP contribution in [-0.4, -0.2) is 0 Å². The monoisotopic (exact) mass is 790 g/mol. The van der Waals surface area contributed by atoms with Crippen LogP contribution in [0.5, 0.6) is 0 Å². The highest BCUT2D eigenvalue weighted by atomic mass is 16.3. The zero-order valence-electron chi connectivity index (χ0n) is 33.7. The van der Waals surface area contributed by atoms with Gasteiger partial charge in [0.25, 0.3) is 0 Å². The van der Waals surface area contributed by atoms with Crippen molar-refractivity contribution in [2.75, 3.05) is 9.80 Å². The van der Waals surface area contributed by atoms with Gasteiger partial charge in [0.1, 0.15) is 11.2 Å². The Balaban J connectivity index is 1.18. The number of anilines is 6. The minimum Gasteiger partial charge on any atom is -0.455 e. The molecule has 2 aliphatic carbocycles. The summed E-state index contributed by atoms with van der Waals surface area (Å²) >= 11 is 0. The van der Waals surface area contributed by atoms with Gasteiger partial charge in [-0.1, -0.05) is 158 Å². The summed E-state index contributed by atoms with van der Waals surface area (Å²) in [6, 6.07) is 83.9. The third-order valence-electron chi connectivity index (χ3n) is 13.2. The van der Waals surface area contributed by atoms with Crippen molar-refractivity contribution in [1.82, 2.24) is 0 Å². The van der Waals surface area contributed by atoms with Crippen molar-refractivity contribution < 1.29 is 4.42 Å². The summed E-state index contributed by atoms with van der Waals surface area (Å²) in [5, 5.41) is 4.67. The van der Waals surface area contributed by atoms with E-state index in [1.807, 2.05) is 0 Å². The molecule has 1 atom stereocenters. The van der Waals surface area contributed by atoms with Crippen molar-refractivity contribution in [1.29, 1.82) is 0 Å². The minimum absolute atomic E-state index is 0.682. The Morgan fingerprint density at radius 3 is 1.56 bits per heavy atom. The molecule has 2 aliphatic rings. The van der Waals surface area contributed by atoms with Crippen molar-refractivity contribution in [3.63, 3.8) is 0 Å². The zero-order valence-corrected chi connectivity index (χ0v) is 33.7. The summed E-state index contributed by atoms with van der Waals surface area (Å²) in [6.07, 6.45) is 0. The van der Waals surface area contributed by atoms with Gasteiger partial charge in [-0.2, -0.15) is 0 Å². The second-order valence-electron chi connectivity index (χ2n) is 16.4. The van der Waals surface area contributed by atoms with Crippen molar-refractivity contribution >= 4 is 66.8 Å². The highest BCUT2D eigenvalue weighted by molar-refractivity contribution is 6.19. The van der Waals surface area contributed by atoms with E-state index in [-0.39, 0.29) is 0 Å². The van der Waals surface area contributed by atoms with E-state index in [9.17, 15) is 0 Å². The molecule has 0 amide bonds. The third kappa shape index (κ3) is 4.82. The normalized spacial score (nSPS) is 14.5. The molecule has 1 aromatic heterocycles. The van der Waals surface area contributed by atoms with Crippen LogP contribution >= 0.6 is 0 Å². The fourth-order valence-corrected chi connectivity index (χ4v) is 10.8. The van der Waals surface area contributed by atoms with Gasteiger partial charge in [-0.15, -0.1) is 0 Å². The summed E-state index contributed by atoms with van der Waals surface area (Å²) in [5.74, 6) is 0. The molecule has 290 valence electrons. The molecular weight excluding hydrogens is 753 g/mol. The van der Waals surface area contributed by atoms with E-state index in [4.69, 9.17) is 4.42 Å². The van der Waals surface area contributed by atoms with E-state index in [0.29, 0.717) is 0 Å². The molecule has 0 saturated heterocycles. The Morgan fingerprint density at radius 2 is 0.871 bits per heavy atom. The van der Waals surface area contributed by atoms with E-state index < -0.39 is 5.41 Å². The molecule has 0 fully saturated rings. The SMILES string of the molecule is c1ccc(N(c2ccccc2)c2ccc3c(c2)C2(c4ccccc4-3)c3ccc4c(oc5ccccc54)c3-c3ccc(N(c4ccccc4)c4ccccc4)c4cccc2c34)cc1. The Morgan fingerprint density at radius 1 is 0.323 bits per heavy atom. The average Bonchev–Trinajstić information content (AvgIpc) is 3.86. The second kappa shape index (κ2) is 13.4. The van der Waals surface area contributed by atoms with Crippen molar-refractivity contribution in [3.8, 4) is 22.3 Å². The molecule has 0 radical (unpaired) electrons. The van der Waals surface area contributed by atoms with Crippen LogP contribution in [0.25, 0.3) is 55.0 Å². The Hall–Kier alpha value is -8.14.